The number of nitrogen functional groups attached to an aromatic ring is 1. The Morgan fingerprint density at radius 1 is 1.18 bits per heavy atom. The first-order valence-corrected chi connectivity index (χ1v) is 9.14. The maximum atomic E-state index is 13.6. The van der Waals surface area contributed by atoms with Crippen LogP contribution in [0.1, 0.15) is 18.9 Å². The molecule has 0 radical (unpaired) electrons. The molecule has 28 heavy (non-hydrogen) atoms. The van der Waals surface area contributed by atoms with Crippen molar-refractivity contribution < 1.29 is 17.9 Å². The number of hydrogen-bond donors (Lipinski definition) is 1. The average Bonchev–Trinajstić information content (AvgIpc) is 2.59. The second-order valence-corrected chi connectivity index (χ2v) is 7.02. The quantitative estimate of drug-likeness (QED) is 0.857. The molecule has 2 saturated heterocycles. The minimum absolute atomic E-state index is 0.0277. The predicted molar refractivity (Wildman–Crippen MR) is 99.1 cm³/mol. The molecule has 7 nitrogen and oxygen atoms in total. The fourth-order valence-electron chi connectivity index (χ4n) is 3.33. The third-order valence-electron chi connectivity index (χ3n) is 5.01. The van der Waals surface area contributed by atoms with Gasteiger partial charge in [-0.05, 0) is 19.4 Å². The Labute approximate surface area is 160 Å². The average molecular weight is 394 g/mol. The fourth-order valence-corrected chi connectivity index (χ4v) is 3.33. The molecule has 2 aromatic heterocycles. The van der Waals surface area contributed by atoms with Gasteiger partial charge in [0.2, 0.25) is 5.95 Å². The molecule has 1 atom stereocenters. The zero-order chi connectivity index (χ0) is 19.9. The summed E-state index contributed by atoms with van der Waals surface area (Å²) in [4.78, 5) is 17.0. The van der Waals surface area contributed by atoms with Crippen LogP contribution in [0.25, 0.3) is 11.3 Å². The van der Waals surface area contributed by atoms with Gasteiger partial charge in [0.15, 0.2) is 0 Å². The number of rotatable bonds is 3. The molecule has 2 N–H and O–H groups in total. The smallest absolute Gasteiger partial charge is 0.384 e. The van der Waals surface area contributed by atoms with Crippen LogP contribution < -0.4 is 15.5 Å². The van der Waals surface area contributed by atoms with E-state index in [1.165, 1.54) is 0 Å². The monoisotopic (exact) mass is 394 g/mol. The van der Waals surface area contributed by atoms with E-state index in [2.05, 4.69) is 15.0 Å². The highest BCUT2D eigenvalue weighted by Gasteiger charge is 2.35. The van der Waals surface area contributed by atoms with E-state index in [1.54, 1.807) is 6.07 Å². The van der Waals surface area contributed by atoms with Crippen molar-refractivity contribution in [1.82, 2.24) is 15.0 Å². The lowest BCUT2D eigenvalue weighted by molar-refractivity contribution is -0.137. The van der Waals surface area contributed by atoms with Gasteiger partial charge in [0.1, 0.15) is 11.6 Å². The summed E-state index contributed by atoms with van der Waals surface area (Å²) >= 11 is 0. The number of alkyl halides is 3. The van der Waals surface area contributed by atoms with E-state index >= 15 is 0 Å². The Morgan fingerprint density at radius 2 is 1.96 bits per heavy atom. The molecule has 2 aliphatic heterocycles. The second-order valence-electron chi connectivity index (χ2n) is 7.02. The fraction of sp³-hybridized carbons (Fsp3) is 0.500. The molecule has 2 aliphatic rings. The standard InChI is InChI=1S/C18H21F3N6O/c1-11-10-28-6-5-27(11)17-24-14(8-16(25-17)26-3-2-4-26)12-9-23-15(22)7-13(12)18(19,20)21/h7-9,11H,2-6,10H2,1H3,(H2,22,23)/t11-/m1/s1. The van der Waals surface area contributed by atoms with Crippen LogP contribution in [0.5, 0.6) is 0 Å². The van der Waals surface area contributed by atoms with Crippen LogP contribution in [-0.2, 0) is 10.9 Å². The first kappa shape index (κ1) is 18.7. The maximum Gasteiger partial charge on any atom is 0.417 e. The lowest BCUT2D eigenvalue weighted by atomic mass is 10.1. The van der Waals surface area contributed by atoms with E-state index in [4.69, 9.17) is 10.5 Å². The van der Waals surface area contributed by atoms with Gasteiger partial charge in [0.05, 0.1) is 30.5 Å². The maximum absolute atomic E-state index is 13.6. The van der Waals surface area contributed by atoms with Crippen molar-refractivity contribution in [2.24, 2.45) is 0 Å². The van der Waals surface area contributed by atoms with E-state index in [0.717, 1.165) is 31.8 Å². The molecule has 0 spiro atoms. The molecule has 0 aliphatic carbocycles. The summed E-state index contributed by atoms with van der Waals surface area (Å²) in [5.41, 5.74) is 4.73. The predicted octanol–water partition coefficient (Wildman–Crippen LogP) is 2.57. The van der Waals surface area contributed by atoms with E-state index in [1.807, 2.05) is 16.7 Å². The van der Waals surface area contributed by atoms with Crippen LogP contribution in [-0.4, -0.2) is 53.8 Å². The lowest BCUT2D eigenvalue weighted by Crippen LogP contribution is -2.45. The van der Waals surface area contributed by atoms with Gasteiger partial charge in [0, 0.05) is 37.5 Å². The van der Waals surface area contributed by atoms with Crippen molar-refractivity contribution in [2.45, 2.75) is 25.6 Å². The summed E-state index contributed by atoms with van der Waals surface area (Å²) in [6.07, 6.45) is -2.41. The lowest BCUT2D eigenvalue weighted by Gasteiger charge is -2.36. The van der Waals surface area contributed by atoms with Crippen molar-refractivity contribution in [3.63, 3.8) is 0 Å². The van der Waals surface area contributed by atoms with Gasteiger partial charge in [-0.15, -0.1) is 0 Å². The molecule has 0 bridgehead atoms. The molecule has 0 unspecified atom stereocenters. The second kappa shape index (κ2) is 7.08. The van der Waals surface area contributed by atoms with E-state index in [9.17, 15) is 13.2 Å². The molecule has 0 aromatic carbocycles. The normalized spacial score (nSPS) is 20.2. The number of anilines is 3. The zero-order valence-electron chi connectivity index (χ0n) is 15.4. The number of ether oxygens (including phenoxy) is 1. The van der Waals surface area contributed by atoms with Crippen molar-refractivity contribution in [3.8, 4) is 11.3 Å². The van der Waals surface area contributed by atoms with E-state index < -0.39 is 11.7 Å². The number of aromatic nitrogens is 3. The summed E-state index contributed by atoms with van der Waals surface area (Å²) in [5.74, 6) is 0.838. The van der Waals surface area contributed by atoms with Crippen molar-refractivity contribution in [1.29, 1.82) is 0 Å². The Hall–Kier alpha value is -2.62. The highest BCUT2D eigenvalue weighted by molar-refractivity contribution is 5.69. The molecule has 10 heteroatoms. The molecule has 0 saturated carbocycles. The number of halogens is 3. The molecule has 150 valence electrons. The third-order valence-corrected chi connectivity index (χ3v) is 5.01. The number of morpholine rings is 1. The molecular weight excluding hydrogens is 373 g/mol. The highest BCUT2D eigenvalue weighted by atomic mass is 19.4. The Balaban J connectivity index is 1.84. The van der Waals surface area contributed by atoms with Crippen LogP contribution >= 0.6 is 0 Å². The summed E-state index contributed by atoms with van der Waals surface area (Å²) < 4.78 is 46.3. The van der Waals surface area contributed by atoms with Gasteiger partial charge < -0.3 is 20.3 Å². The van der Waals surface area contributed by atoms with Crippen molar-refractivity contribution in [3.05, 3.63) is 23.9 Å². The van der Waals surface area contributed by atoms with Crippen LogP contribution in [0.4, 0.5) is 30.8 Å². The molecule has 4 rings (SSSR count). The van der Waals surface area contributed by atoms with Gasteiger partial charge in [-0.3, -0.25) is 0 Å². The number of nitrogens with two attached hydrogens (primary N) is 1. The van der Waals surface area contributed by atoms with Gasteiger partial charge in [0.25, 0.3) is 0 Å². The minimum Gasteiger partial charge on any atom is -0.384 e. The SMILES string of the molecule is C[C@@H]1COCCN1c1nc(-c2cnc(N)cc2C(F)(F)F)cc(N2CCC2)n1. The molecule has 0 amide bonds. The van der Waals surface area contributed by atoms with E-state index in [0.29, 0.717) is 31.5 Å². The minimum atomic E-state index is -4.57. The Morgan fingerprint density at radius 3 is 2.61 bits per heavy atom. The van der Waals surface area contributed by atoms with Gasteiger partial charge >= 0.3 is 6.18 Å². The third kappa shape index (κ3) is 3.56. The molecule has 2 fully saturated rings. The van der Waals surface area contributed by atoms with Crippen LogP contribution in [0.3, 0.4) is 0 Å². The Kier molecular flexibility index (Phi) is 4.74. The topological polar surface area (TPSA) is 80.4 Å². The van der Waals surface area contributed by atoms with Crippen molar-refractivity contribution >= 4 is 17.6 Å². The number of pyridine rings is 1. The number of hydrogen-bond acceptors (Lipinski definition) is 7. The summed E-state index contributed by atoms with van der Waals surface area (Å²) in [7, 11) is 0. The first-order valence-electron chi connectivity index (χ1n) is 9.14. The first-order chi connectivity index (χ1) is 13.3. The van der Waals surface area contributed by atoms with Gasteiger partial charge in [-0.2, -0.15) is 18.2 Å². The van der Waals surface area contributed by atoms with Crippen LogP contribution in [0.2, 0.25) is 0 Å². The number of nitrogens with zero attached hydrogens (tertiary/aromatic N) is 5. The van der Waals surface area contributed by atoms with Crippen LogP contribution in [0, 0.1) is 0 Å². The van der Waals surface area contributed by atoms with Crippen LogP contribution in [0.15, 0.2) is 18.3 Å². The zero-order valence-corrected chi connectivity index (χ0v) is 15.4. The summed E-state index contributed by atoms with van der Waals surface area (Å²) in [6.45, 7) is 5.24. The summed E-state index contributed by atoms with van der Waals surface area (Å²) in [5, 5.41) is 0. The highest BCUT2D eigenvalue weighted by Crippen LogP contribution is 2.38. The molecular formula is C18H21F3N6O. The molecule has 4 heterocycles. The van der Waals surface area contributed by atoms with E-state index in [-0.39, 0.29) is 23.1 Å². The van der Waals surface area contributed by atoms with Gasteiger partial charge in [-0.1, -0.05) is 0 Å². The van der Waals surface area contributed by atoms with Gasteiger partial charge in [-0.25, -0.2) is 9.97 Å². The largest absolute Gasteiger partial charge is 0.417 e. The molecule has 2 aromatic rings. The summed E-state index contributed by atoms with van der Waals surface area (Å²) in [6, 6.07) is 2.47. The Bertz CT molecular complexity index is 871. The van der Waals surface area contributed by atoms with Crippen molar-refractivity contribution in [2.75, 3.05) is 48.4 Å².